The molecule has 0 saturated heterocycles. The molecule has 1 aromatic carbocycles. The number of nitrogens with one attached hydrogen (secondary N) is 3. The summed E-state index contributed by atoms with van der Waals surface area (Å²) < 4.78 is 1.91. The molecule has 8 nitrogen and oxygen atoms in total. The Kier molecular flexibility index (Phi) is 12.0. The number of rotatable bonds is 10. The van der Waals surface area contributed by atoms with Gasteiger partial charge in [-0.05, 0) is 44.3 Å². The van der Waals surface area contributed by atoms with Crippen LogP contribution in [0.3, 0.4) is 0 Å². The summed E-state index contributed by atoms with van der Waals surface area (Å²) in [7, 11) is 5.71. The summed E-state index contributed by atoms with van der Waals surface area (Å²) in [6.45, 7) is 3.70. The van der Waals surface area contributed by atoms with Crippen LogP contribution in [0.1, 0.15) is 22.3 Å². The summed E-state index contributed by atoms with van der Waals surface area (Å²) >= 11 is 0. The van der Waals surface area contributed by atoms with Gasteiger partial charge in [0, 0.05) is 57.7 Å². The molecule has 0 saturated carbocycles. The van der Waals surface area contributed by atoms with Crippen molar-refractivity contribution in [3.8, 4) is 0 Å². The number of hydrogen-bond donors (Lipinski definition) is 3. The van der Waals surface area contributed by atoms with Crippen LogP contribution in [0.4, 0.5) is 0 Å². The van der Waals surface area contributed by atoms with Crippen LogP contribution in [0.15, 0.2) is 47.7 Å². The molecule has 0 bridgehead atoms. The number of nitrogens with zero attached hydrogens (tertiary/aromatic N) is 4. The first kappa shape index (κ1) is 24.9. The van der Waals surface area contributed by atoms with E-state index in [0.29, 0.717) is 18.7 Å². The number of hydrogen-bond acceptors (Lipinski definition) is 4. The van der Waals surface area contributed by atoms with E-state index in [1.807, 2.05) is 60.2 Å². The third kappa shape index (κ3) is 9.75. The molecule has 1 heterocycles. The van der Waals surface area contributed by atoms with Crippen molar-refractivity contribution in [1.82, 2.24) is 30.6 Å². The SMILES string of the molecule is CN=C(NCCCn1cccn1)NCc1cccc(C(=O)NCCN(C)C)c1.I. The first-order valence-electron chi connectivity index (χ1n) is 9.52. The molecule has 160 valence electrons. The van der Waals surface area contributed by atoms with E-state index in [2.05, 4.69) is 26.0 Å². The average Bonchev–Trinajstić information content (AvgIpc) is 3.21. The Morgan fingerprint density at radius 1 is 1.17 bits per heavy atom. The van der Waals surface area contributed by atoms with E-state index in [1.54, 1.807) is 13.2 Å². The number of aliphatic imine (C=N–C) groups is 1. The van der Waals surface area contributed by atoms with Gasteiger partial charge in [-0.1, -0.05) is 12.1 Å². The van der Waals surface area contributed by atoms with E-state index in [0.717, 1.165) is 37.6 Å². The summed E-state index contributed by atoms with van der Waals surface area (Å²) in [6.07, 6.45) is 4.69. The van der Waals surface area contributed by atoms with Crippen molar-refractivity contribution in [3.63, 3.8) is 0 Å². The summed E-state index contributed by atoms with van der Waals surface area (Å²) in [5.74, 6) is 0.686. The number of amides is 1. The minimum atomic E-state index is -0.0511. The maximum absolute atomic E-state index is 12.3. The lowest BCUT2D eigenvalue weighted by atomic mass is 10.1. The second-order valence-corrected chi connectivity index (χ2v) is 6.73. The number of aryl methyl sites for hydroxylation is 1. The normalized spacial score (nSPS) is 11.1. The summed E-state index contributed by atoms with van der Waals surface area (Å²) in [5, 5.41) is 13.7. The average molecular weight is 513 g/mol. The van der Waals surface area contributed by atoms with Crippen molar-refractivity contribution in [2.45, 2.75) is 19.5 Å². The second kappa shape index (κ2) is 13.9. The molecular formula is C20H32IN7O. The molecule has 0 radical (unpaired) electrons. The zero-order chi connectivity index (χ0) is 20.2. The number of likely N-dealkylation sites (N-methyl/N-ethyl adjacent to an activating group) is 1. The van der Waals surface area contributed by atoms with Crippen molar-refractivity contribution >= 4 is 35.8 Å². The van der Waals surface area contributed by atoms with E-state index in [9.17, 15) is 4.79 Å². The van der Waals surface area contributed by atoms with Crippen molar-refractivity contribution in [1.29, 1.82) is 0 Å². The molecule has 0 fully saturated rings. The topological polar surface area (TPSA) is 86.6 Å². The molecular weight excluding hydrogens is 481 g/mol. The molecule has 9 heteroatoms. The number of halogens is 1. The molecule has 29 heavy (non-hydrogen) atoms. The Labute approximate surface area is 190 Å². The second-order valence-electron chi connectivity index (χ2n) is 6.73. The van der Waals surface area contributed by atoms with E-state index in [-0.39, 0.29) is 29.9 Å². The molecule has 1 aromatic heterocycles. The molecule has 0 aliphatic rings. The first-order chi connectivity index (χ1) is 13.6. The van der Waals surface area contributed by atoms with Crippen LogP contribution in [-0.4, -0.2) is 67.3 Å². The number of guanidine groups is 1. The molecule has 0 unspecified atom stereocenters. The van der Waals surface area contributed by atoms with Crippen LogP contribution >= 0.6 is 24.0 Å². The molecule has 0 spiro atoms. The minimum absolute atomic E-state index is 0. The monoisotopic (exact) mass is 513 g/mol. The highest BCUT2D eigenvalue weighted by atomic mass is 127. The van der Waals surface area contributed by atoms with E-state index in [4.69, 9.17) is 0 Å². The maximum Gasteiger partial charge on any atom is 0.251 e. The van der Waals surface area contributed by atoms with Gasteiger partial charge in [0.25, 0.3) is 5.91 Å². The van der Waals surface area contributed by atoms with Gasteiger partial charge in [0.2, 0.25) is 0 Å². The van der Waals surface area contributed by atoms with E-state index >= 15 is 0 Å². The zero-order valence-electron chi connectivity index (χ0n) is 17.4. The van der Waals surface area contributed by atoms with Gasteiger partial charge >= 0.3 is 0 Å². The van der Waals surface area contributed by atoms with Crippen molar-refractivity contribution in [2.75, 3.05) is 40.8 Å². The van der Waals surface area contributed by atoms with Crippen molar-refractivity contribution in [3.05, 3.63) is 53.9 Å². The lowest BCUT2D eigenvalue weighted by Gasteiger charge is -2.13. The highest BCUT2D eigenvalue weighted by molar-refractivity contribution is 14.0. The number of benzene rings is 1. The van der Waals surface area contributed by atoms with Gasteiger partial charge in [-0.15, -0.1) is 24.0 Å². The van der Waals surface area contributed by atoms with Crippen molar-refractivity contribution in [2.24, 2.45) is 4.99 Å². The lowest BCUT2D eigenvalue weighted by molar-refractivity contribution is 0.0951. The van der Waals surface area contributed by atoms with Crippen LogP contribution < -0.4 is 16.0 Å². The van der Waals surface area contributed by atoms with Crippen LogP contribution in [0.5, 0.6) is 0 Å². The number of aromatic nitrogens is 2. The molecule has 0 aliphatic carbocycles. The number of carbonyl (C=O) groups is 1. The maximum atomic E-state index is 12.3. The summed E-state index contributed by atoms with van der Waals surface area (Å²) in [6, 6.07) is 9.55. The third-order valence-electron chi connectivity index (χ3n) is 4.13. The van der Waals surface area contributed by atoms with Gasteiger partial charge < -0.3 is 20.9 Å². The molecule has 0 atom stereocenters. The van der Waals surface area contributed by atoms with Gasteiger partial charge in [0.05, 0.1) is 0 Å². The number of carbonyl (C=O) groups excluding carboxylic acids is 1. The fraction of sp³-hybridized carbons (Fsp3) is 0.450. The predicted octanol–water partition coefficient (Wildman–Crippen LogP) is 1.55. The Morgan fingerprint density at radius 3 is 2.69 bits per heavy atom. The van der Waals surface area contributed by atoms with Crippen LogP contribution in [0.2, 0.25) is 0 Å². The minimum Gasteiger partial charge on any atom is -0.356 e. The largest absolute Gasteiger partial charge is 0.356 e. The van der Waals surface area contributed by atoms with E-state index < -0.39 is 0 Å². The highest BCUT2D eigenvalue weighted by Gasteiger charge is 2.06. The Balaban J connectivity index is 0.00000420. The van der Waals surface area contributed by atoms with Crippen molar-refractivity contribution < 1.29 is 4.79 Å². The molecule has 3 N–H and O–H groups in total. The molecule has 2 rings (SSSR count). The highest BCUT2D eigenvalue weighted by Crippen LogP contribution is 2.05. The Bertz CT molecular complexity index is 747. The van der Waals surface area contributed by atoms with Crippen LogP contribution in [-0.2, 0) is 13.1 Å². The Morgan fingerprint density at radius 2 is 2.00 bits per heavy atom. The third-order valence-corrected chi connectivity index (χ3v) is 4.13. The van der Waals surface area contributed by atoms with Gasteiger partial charge in [-0.2, -0.15) is 5.10 Å². The van der Waals surface area contributed by atoms with Crippen LogP contribution in [0.25, 0.3) is 0 Å². The smallest absolute Gasteiger partial charge is 0.251 e. The van der Waals surface area contributed by atoms with Gasteiger partial charge in [-0.3, -0.25) is 14.5 Å². The van der Waals surface area contributed by atoms with E-state index in [1.165, 1.54) is 0 Å². The molecule has 0 aliphatic heterocycles. The predicted molar refractivity (Wildman–Crippen MR) is 128 cm³/mol. The fourth-order valence-electron chi connectivity index (χ4n) is 2.60. The van der Waals surface area contributed by atoms with Gasteiger partial charge in [-0.25, -0.2) is 0 Å². The van der Waals surface area contributed by atoms with Crippen LogP contribution in [0, 0.1) is 0 Å². The van der Waals surface area contributed by atoms with Gasteiger partial charge in [0.15, 0.2) is 5.96 Å². The summed E-state index contributed by atoms with van der Waals surface area (Å²) in [4.78, 5) is 18.5. The summed E-state index contributed by atoms with van der Waals surface area (Å²) in [5.41, 5.74) is 1.69. The first-order valence-corrected chi connectivity index (χ1v) is 9.52. The standard InChI is InChI=1S/C20H31N7O.HI/c1-21-20(23-9-5-12-27-13-6-10-25-27)24-16-17-7-4-8-18(15-17)19(28)22-11-14-26(2)3;/h4,6-8,10,13,15H,5,9,11-12,14,16H2,1-3H3,(H,22,28)(H2,21,23,24);1H. The lowest BCUT2D eigenvalue weighted by Crippen LogP contribution is -2.37. The molecule has 2 aromatic rings. The fourth-order valence-corrected chi connectivity index (χ4v) is 2.60. The zero-order valence-corrected chi connectivity index (χ0v) is 19.7. The Hall–Kier alpha value is -2.14. The quantitative estimate of drug-likeness (QED) is 0.194. The van der Waals surface area contributed by atoms with Gasteiger partial charge in [0.1, 0.15) is 0 Å². The molecule has 1 amide bonds.